The molecule has 3 N–H and O–H groups in total. The quantitative estimate of drug-likeness (QED) is 0.803. The molecule has 0 bridgehead atoms. The highest BCUT2D eigenvalue weighted by molar-refractivity contribution is 5.53. The van der Waals surface area contributed by atoms with Crippen LogP contribution in [0.2, 0.25) is 0 Å². The van der Waals surface area contributed by atoms with Crippen LogP contribution in [0, 0.1) is 0 Å². The van der Waals surface area contributed by atoms with Crippen LogP contribution in [0.5, 0.6) is 23.1 Å². The number of ether oxygens (including phenoxy) is 3. The van der Waals surface area contributed by atoms with Gasteiger partial charge in [0.15, 0.2) is 11.5 Å². The van der Waals surface area contributed by atoms with Crippen LogP contribution in [0.25, 0.3) is 0 Å². The number of nitrogens with two attached hydrogens (primary N) is 1. The van der Waals surface area contributed by atoms with Crippen LogP contribution in [-0.2, 0) is 0 Å². The summed E-state index contributed by atoms with van der Waals surface area (Å²) >= 11 is 0. The van der Waals surface area contributed by atoms with Crippen molar-refractivity contribution >= 4 is 5.69 Å². The molecular formula is C12H13N3O4. The number of aromatic nitrogens is 2. The summed E-state index contributed by atoms with van der Waals surface area (Å²) in [5.41, 5.74) is 5.75. The van der Waals surface area contributed by atoms with Crippen LogP contribution < -0.4 is 25.5 Å². The minimum atomic E-state index is -0.435. The molecule has 100 valence electrons. The minimum Gasteiger partial charge on any atom is -0.493 e. The average molecular weight is 263 g/mol. The molecule has 0 amide bonds. The number of nitrogens with one attached hydrogen (secondary N) is 1. The zero-order valence-electron chi connectivity index (χ0n) is 10.5. The summed E-state index contributed by atoms with van der Waals surface area (Å²) in [6.07, 6.45) is 1.22. The number of anilines is 1. The minimum absolute atomic E-state index is 0.0213. The summed E-state index contributed by atoms with van der Waals surface area (Å²) in [7, 11) is 2.86. The molecule has 19 heavy (non-hydrogen) atoms. The highest BCUT2D eigenvalue weighted by atomic mass is 16.5. The van der Waals surface area contributed by atoms with Gasteiger partial charge < -0.3 is 24.9 Å². The Morgan fingerprint density at radius 2 is 2.00 bits per heavy atom. The second-order valence-electron chi connectivity index (χ2n) is 3.58. The molecule has 0 aliphatic carbocycles. The van der Waals surface area contributed by atoms with Gasteiger partial charge in [0, 0.05) is 11.8 Å². The third-order valence-electron chi connectivity index (χ3n) is 2.38. The van der Waals surface area contributed by atoms with Gasteiger partial charge in [0.25, 0.3) is 11.4 Å². The molecule has 0 aliphatic heterocycles. The first-order chi connectivity index (χ1) is 9.15. The van der Waals surface area contributed by atoms with Gasteiger partial charge in [0.05, 0.1) is 20.5 Å². The van der Waals surface area contributed by atoms with Gasteiger partial charge in [0.2, 0.25) is 5.75 Å². The lowest BCUT2D eigenvalue weighted by Crippen LogP contribution is -2.11. The van der Waals surface area contributed by atoms with Crippen molar-refractivity contribution in [3.8, 4) is 23.1 Å². The molecule has 1 aromatic carbocycles. The van der Waals surface area contributed by atoms with Gasteiger partial charge in [-0.05, 0) is 12.1 Å². The summed E-state index contributed by atoms with van der Waals surface area (Å²) in [6, 6.07) is 4.90. The smallest absolute Gasteiger partial charge is 0.297 e. The van der Waals surface area contributed by atoms with Crippen LogP contribution in [0.3, 0.4) is 0 Å². The Morgan fingerprint density at radius 3 is 2.68 bits per heavy atom. The van der Waals surface area contributed by atoms with E-state index in [4.69, 9.17) is 19.9 Å². The van der Waals surface area contributed by atoms with Gasteiger partial charge >= 0.3 is 0 Å². The Balaban J connectivity index is 2.44. The fourth-order valence-electron chi connectivity index (χ4n) is 1.50. The zero-order chi connectivity index (χ0) is 13.8. The van der Waals surface area contributed by atoms with Crippen molar-refractivity contribution in [1.82, 2.24) is 9.97 Å². The summed E-state index contributed by atoms with van der Waals surface area (Å²) < 4.78 is 15.6. The highest BCUT2D eigenvalue weighted by Crippen LogP contribution is 2.34. The van der Waals surface area contributed by atoms with E-state index in [1.807, 2.05) is 0 Å². The van der Waals surface area contributed by atoms with Crippen LogP contribution in [-0.4, -0.2) is 24.2 Å². The predicted octanol–water partition coefficient (Wildman–Crippen LogP) is 1.16. The van der Waals surface area contributed by atoms with Gasteiger partial charge in [-0.3, -0.25) is 4.79 Å². The molecule has 0 unspecified atom stereocenters. The van der Waals surface area contributed by atoms with Crippen molar-refractivity contribution < 1.29 is 14.2 Å². The summed E-state index contributed by atoms with van der Waals surface area (Å²) in [5.74, 6) is 0.833. The van der Waals surface area contributed by atoms with E-state index >= 15 is 0 Å². The number of rotatable bonds is 4. The van der Waals surface area contributed by atoms with Crippen molar-refractivity contribution in [2.45, 2.75) is 0 Å². The van der Waals surface area contributed by atoms with Crippen molar-refractivity contribution in [2.24, 2.45) is 0 Å². The van der Waals surface area contributed by atoms with Crippen LogP contribution in [0.15, 0.2) is 29.3 Å². The first-order valence-electron chi connectivity index (χ1n) is 5.38. The maximum absolute atomic E-state index is 11.5. The second-order valence-corrected chi connectivity index (χ2v) is 3.58. The average Bonchev–Trinajstić information content (AvgIpc) is 2.39. The van der Waals surface area contributed by atoms with E-state index in [9.17, 15) is 4.79 Å². The third-order valence-corrected chi connectivity index (χ3v) is 2.38. The zero-order valence-corrected chi connectivity index (χ0v) is 10.5. The number of benzene rings is 1. The maximum Gasteiger partial charge on any atom is 0.297 e. The fourth-order valence-corrected chi connectivity index (χ4v) is 1.50. The number of aromatic amines is 1. The number of H-pyrrole nitrogens is 1. The first-order valence-corrected chi connectivity index (χ1v) is 5.38. The molecule has 0 saturated carbocycles. The predicted molar refractivity (Wildman–Crippen MR) is 68.9 cm³/mol. The molecule has 0 radical (unpaired) electrons. The molecule has 0 saturated heterocycles. The summed E-state index contributed by atoms with van der Waals surface area (Å²) in [4.78, 5) is 17.8. The Morgan fingerprint density at radius 1 is 1.21 bits per heavy atom. The molecule has 7 heteroatoms. The number of nitrogen functional groups attached to an aromatic ring is 1. The Hall–Kier alpha value is -2.70. The SMILES string of the molecule is COc1ccc(N)cc1Oc1nc[nH]c(=O)c1OC. The molecule has 0 aliphatic rings. The van der Waals surface area contributed by atoms with E-state index in [1.165, 1.54) is 20.5 Å². The largest absolute Gasteiger partial charge is 0.493 e. The van der Waals surface area contributed by atoms with Crippen LogP contribution in [0.4, 0.5) is 5.69 Å². The molecule has 7 nitrogen and oxygen atoms in total. The van der Waals surface area contributed by atoms with Gasteiger partial charge in [-0.15, -0.1) is 0 Å². The lowest BCUT2D eigenvalue weighted by atomic mass is 10.3. The van der Waals surface area contributed by atoms with E-state index in [0.717, 1.165) is 0 Å². The van der Waals surface area contributed by atoms with Crippen LogP contribution >= 0.6 is 0 Å². The number of methoxy groups -OCH3 is 2. The van der Waals surface area contributed by atoms with E-state index in [2.05, 4.69) is 9.97 Å². The van der Waals surface area contributed by atoms with Gasteiger partial charge in [-0.25, -0.2) is 4.98 Å². The standard InChI is InChI=1S/C12H13N3O4/c1-17-8-4-3-7(13)5-9(8)19-12-10(18-2)11(16)14-6-15-12/h3-6H,13H2,1-2H3,(H,14,15,16). The molecule has 0 spiro atoms. The Bertz CT molecular complexity index is 639. The molecule has 1 aromatic heterocycles. The lowest BCUT2D eigenvalue weighted by molar-refractivity contribution is 0.344. The van der Waals surface area contributed by atoms with Gasteiger partial charge in [-0.1, -0.05) is 0 Å². The normalized spacial score (nSPS) is 10.0. The van der Waals surface area contributed by atoms with E-state index in [0.29, 0.717) is 17.2 Å². The van der Waals surface area contributed by atoms with E-state index < -0.39 is 5.56 Å². The number of nitrogens with zero attached hydrogens (tertiary/aromatic N) is 1. The van der Waals surface area contributed by atoms with Crippen molar-refractivity contribution in [2.75, 3.05) is 20.0 Å². The molecular weight excluding hydrogens is 250 g/mol. The first kappa shape index (κ1) is 12.7. The van der Waals surface area contributed by atoms with Crippen molar-refractivity contribution in [3.63, 3.8) is 0 Å². The number of hydrogen-bond donors (Lipinski definition) is 2. The maximum atomic E-state index is 11.5. The second kappa shape index (κ2) is 5.30. The lowest BCUT2D eigenvalue weighted by Gasteiger charge is -2.11. The summed E-state index contributed by atoms with van der Waals surface area (Å²) in [5, 5.41) is 0. The van der Waals surface area contributed by atoms with Crippen molar-refractivity contribution in [3.05, 3.63) is 34.9 Å². The van der Waals surface area contributed by atoms with E-state index in [-0.39, 0.29) is 11.6 Å². The Labute approximate surface area is 108 Å². The molecule has 2 rings (SSSR count). The highest BCUT2D eigenvalue weighted by Gasteiger charge is 2.14. The van der Waals surface area contributed by atoms with Crippen LogP contribution in [0.1, 0.15) is 0 Å². The molecule has 0 atom stereocenters. The third kappa shape index (κ3) is 2.59. The molecule has 0 fully saturated rings. The van der Waals surface area contributed by atoms with Crippen molar-refractivity contribution in [1.29, 1.82) is 0 Å². The number of hydrogen-bond acceptors (Lipinski definition) is 6. The molecule has 1 heterocycles. The van der Waals surface area contributed by atoms with E-state index in [1.54, 1.807) is 18.2 Å². The van der Waals surface area contributed by atoms with Gasteiger partial charge in [-0.2, -0.15) is 0 Å². The molecule has 2 aromatic rings. The topological polar surface area (TPSA) is 99.5 Å². The monoisotopic (exact) mass is 263 g/mol. The van der Waals surface area contributed by atoms with Gasteiger partial charge in [0.1, 0.15) is 0 Å². The fraction of sp³-hybridized carbons (Fsp3) is 0.167. The Kier molecular flexibility index (Phi) is 3.56. The summed E-state index contributed by atoms with van der Waals surface area (Å²) in [6.45, 7) is 0.